The van der Waals surface area contributed by atoms with E-state index in [9.17, 15) is 4.79 Å². The quantitative estimate of drug-likeness (QED) is 0.701. The molecule has 19 heavy (non-hydrogen) atoms. The van der Waals surface area contributed by atoms with Gasteiger partial charge >= 0.3 is 0 Å². The average Bonchev–Trinajstić information content (AvgIpc) is 2.45. The van der Waals surface area contributed by atoms with Gasteiger partial charge < -0.3 is 20.5 Å². The maximum atomic E-state index is 11.4. The zero-order chi connectivity index (χ0) is 14.1. The van der Waals surface area contributed by atoms with Crippen LogP contribution >= 0.6 is 0 Å². The van der Waals surface area contributed by atoms with Crippen molar-refractivity contribution in [3.8, 4) is 17.6 Å². The summed E-state index contributed by atoms with van der Waals surface area (Å²) >= 11 is 0. The third kappa shape index (κ3) is 4.85. The van der Waals surface area contributed by atoms with E-state index in [0.29, 0.717) is 24.6 Å². The highest BCUT2D eigenvalue weighted by molar-refractivity contribution is 5.77. The zero-order valence-corrected chi connectivity index (χ0v) is 10.8. The van der Waals surface area contributed by atoms with Gasteiger partial charge in [0.05, 0.1) is 19.6 Å². The Morgan fingerprint density at radius 2 is 2.26 bits per heavy atom. The first kappa shape index (κ1) is 14.8. The molecular weight excluding hydrogens is 246 g/mol. The Bertz CT molecular complexity index is 469. The molecule has 6 heteroatoms. The number of nitrogens with two attached hydrogens (primary N) is 1. The molecule has 1 rings (SSSR count). The van der Waals surface area contributed by atoms with E-state index in [1.807, 2.05) is 12.1 Å². The molecule has 0 saturated heterocycles. The van der Waals surface area contributed by atoms with E-state index < -0.39 is 0 Å². The Hall–Kier alpha value is -2.26. The molecule has 0 aliphatic rings. The number of methoxy groups -OCH3 is 1. The summed E-state index contributed by atoms with van der Waals surface area (Å²) in [5.41, 5.74) is 6.45. The molecule has 0 spiro atoms. The van der Waals surface area contributed by atoms with Gasteiger partial charge in [-0.2, -0.15) is 5.26 Å². The minimum atomic E-state index is -0.278. The van der Waals surface area contributed by atoms with Crippen LogP contribution in [-0.4, -0.2) is 26.2 Å². The summed E-state index contributed by atoms with van der Waals surface area (Å²) in [6, 6.07) is 7.23. The molecule has 6 nitrogen and oxygen atoms in total. The number of benzene rings is 1. The van der Waals surface area contributed by atoms with Crippen molar-refractivity contribution in [1.29, 1.82) is 5.26 Å². The molecule has 102 valence electrons. The lowest BCUT2D eigenvalue weighted by Crippen LogP contribution is -2.29. The lowest BCUT2D eigenvalue weighted by atomic mass is 10.2. The second-order valence-corrected chi connectivity index (χ2v) is 3.74. The van der Waals surface area contributed by atoms with Crippen LogP contribution in [0.1, 0.15) is 12.0 Å². The van der Waals surface area contributed by atoms with Crippen LogP contribution in [0.4, 0.5) is 0 Å². The molecule has 1 aromatic carbocycles. The first-order valence-corrected chi connectivity index (χ1v) is 5.84. The second kappa shape index (κ2) is 7.95. The first-order chi connectivity index (χ1) is 9.21. The number of nitrogens with zero attached hydrogens (tertiary/aromatic N) is 1. The van der Waals surface area contributed by atoms with Gasteiger partial charge in [-0.05, 0) is 17.7 Å². The number of carbonyl (C=O) groups excluding carboxylic acids is 1. The van der Waals surface area contributed by atoms with Crippen LogP contribution in [0.3, 0.4) is 0 Å². The summed E-state index contributed by atoms with van der Waals surface area (Å²) in [6.07, 6.45) is 0.278. The summed E-state index contributed by atoms with van der Waals surface area (Å²) in [6.45, 7) is 0.608. The van der Waals surface area contributed by atoms with Crippen molar-refractivity contribution < 1.29 is 14.3 Å². The van der Waals surface area contributed by atoms with E-state index in [4.69, 9.17) is 20.5 Å². The Morgan fingerprint density at radius 3 is 2.89 bits per heavy atom. The number of nitrogens with one attached hydrogen (secondary N) is 1. The molecule has 0 bridgehead atoms. The molecule has 0 unspecified atom stereocenters. The third-order valence-electron chi connectivity index (χ3n) is 2.38. The van der Waals surface area contributed by atoms with Crippen molar-refractivity contribution in [3.05, 3.63) is 23.8 Å². The van der Waals surface area contributed by atoms with Gasteiger partial charge in [-0.1, -0.05) is 6.07 Å². The smallest absolute Gasteiger partial charge is 0.257 e. The van der Waals surface area contributed by atoms with Crippen molar-refractivity contribution in [1.82, 2.24) is 5.32 Å². The summed E-state index contributed by atoms with van der Waals surface area (Å²) in [5.74, 6) is 0.739. The molecule has 0 aliphatic carbocycles. The van der Waals surface area contributed by atoms with Gasteiger partial charge in [0.1, 0.15) is 0 Å². The molecule has 3 N–H and O–H groups in total. The van der Waals surface area contributed by atoms with E-state index in [0.717, 1.165) is 5.56 Å². The maximum Gasteiger partial charge on any atom is 0.257 e. The average molecular weight is 263 g/mol. The third-order valence-corrected chi connectivity index (χ3v) is 2.38. The second-order valence-electron chi connectivity index (χ2n) is 3.74. The van der Waals surface area contributed by atoms with Crippen molar-refractivity contribution in [2.24, 2.45) is 5.73 Å². The fraction of sp³-hybridized carbons (Fsp3) is 0.385. The molecule has 1 amide bonds. The van der Waals surface area contributed by atoms with E-state index in [-0.39, 0.29) is 18.9 Å². The Balaban J connectivity index is 2.53. The van der Waals surface area contributed by atoms with Gasteiger partial charge in [-0.3, -0.25) is 4.79 Å². The topological polar surface area (TPSA) is 97.4 Å². The predicted octanol–water partition coefficient (Wildman–Crippen LogP) is 0.563. The van der Waals surface area contributed by atoms with Crippen LogP contribution in [0.25, 0.3) is 0 Å². The van der Waals surface area contributed by atoms with Crippen molar-refractivity contribution in [3.63, 3.8) is 0 Å². The van der Waals surface area contributed by atoms with Crippen LogP contribution in [0, 0.1) is 11.3 Å². The Labute approximate surface area is 112 Å². The van der Waals surface area contributed by atoms with Crippen LogP contribution in [0.15, 0.2) is 18.2 Å². The summed E-state index contributed by atoms with van der Waals surface area (Å²) in [5, 5.41) is 10.9. The number of carbonyl (C=O) groups is 1. The number of hydrogen-bond acceptors (Lipinski definition) is 5. The Morgan fingerprint density at radius 1 is 1.47 bits per heavy atom. The maximum absolute atomic E-state index is 11.4. The normalized spacial score (nSPS) is 9.53. The lowest BCUT2D eigenvalue weighted by Gasteiger charge is -2.11. The van der Waals surface area contributed by atoms with E-state index in [1.165, 1.54) is 7.11 Å². The zero-order valence-electron chi connectivity index (χ0n) is 10.8. The number of amides is 1. The lowest BCUT2D eigenvalue weighted by molar-refractivity contribution is -0.123. The van der Waals surface area contributed by atoms with Crippen LogP contribution in [0.5, 0.6) is 11.5 Å². The van der Waals surface area contributed by atoms with Crippen LogP contribution in [-0.2, 0) is 11.3 Å². The Kier molecular flexibility index (Phi) is 6.19. The molecule has 0 saturated carbocycles. The minimum absolute atomic E-state index is 0.121. The summed E-state index contributed by atoms with van der Waals surface area (Å²) in [4.78, 5) is 11.4. The summed E-state index contributed by atoms with van der Waals surface area (Å²) < 4.78 is 10.5. The number of hydrogen-bond donors (Lipinski definition) is 2. The molecule has 0 fully saturated rings. The van der Waals surface area contributed by atoms with Crippen molar-refractivity contribution in [2.45, 2.75) is 13.0 Å². The van der Waals surface area contributed by atoms with E-state index in [2.05, 4.69) is 5.32 Å². The van der Waals surface area contributed by atoms with Gasteiger partial charge in [0.2, 0.25) is 0 Å². The molecular formula is C13H17N3O3. The number of rotatable bonds is 7. The van der Waals surface area contributed by atoms with Crippen LogP contribution < -0.4 is 20.5 Å². The fourth-order valence-corrected chi connectivity index (χ4v) is 1.41. The number of nitriles is 1. The largest absolute Gasteiger partial charge is 0.493 e. The molecule has 0 atom stereocenters. The molecule has 0 aromatic heterocycles. The highest BCUT2D eigenvalue weighted by atomic mass is 16.5. The highest BCUT2D eigenvalue weighted by Gasteiger charge is 2.08. The fourth-order valence-electron chi connectivity index (χ4n) is 1.41. The predicted molar refractivity (Wildman–Crippen MR) is 69.6 cm³/mol. The monoisotopic (exact) mass is 263 g/mol. The van der Waals surface area contributed by atoms with Gasteiger partial charge in [0.15, 0.2) is 18.1 Å². The molecule has 0 heterocycles. The standard InChI is InChI=1S/C13H17N3O3/c1-18-12-7-10(8-15)3-4-11(12)19-9-13(17)16-6-2-5-14/h3-4,7H,2,6,8-9,15H2,1H3,(H,16,17). The van der Waals surface area contributed by atoms with E-state index in [1.54, 1.807) is 12.1 Å². The minimum Gasteiger partial charge on any atom is -0.493 e. The van der Waals surface area contributed by atoms with Gasteiger partial charge in [-0.25, -0.2) is 0 Å². The van der Waals surface area contributed by atoms with Crippen LogP contribution in [0.2, 0.25) is 0 Å². The van der Waals surface area contributed by atoms with Gasteiger partial charge in [0.25, 0.3) is 5.91 Å². The molecule has 0 radical (unpaired) electrons. The SMILES string of the molecule is COc1cc(CN)ccc1OCC(=O)NCCC#N. The summed E-state index contributed by atoms with van der Waals surface area (Å²) in [7, 11) is 1.52. The highest BCUT2D eigenvalue weighted by Crippen LogP contribution is 2.27. The first-order valence-electron chi connectivity index (χ1n) is 5.84. The number of ether oxygens (including phenoxy) is 2. The van der Waals surface area contributed by atoms with Gasteiger partial charge in [0, 0.05) is 13.1 Å². The van der Waals surface area contributed by atoms with Crippen molar-refractivity contribution >= 4 is 5.91 Å². The van der Waals surface area contributed by atoms with Gasteiger partial charge in [-0.15, -0.1) is 0 Å². The van der Waals surface area contributed by atoms with Crippen molar-refractivity contribution in [2.75, 3.05) is 20.3 Å². The van der Waals surface area contributed by atoms with E-state index >= 15 is 0 Å². The molecule has 1 aromatic rings. The molecule has 0 aliphatic heterocycles.